The Labute approximate surface area is 91.6 Å². The van der Waals surface area contributed by atoms with Crippen LogP contribution in [0.3, 0.4) is 0 Å². The van der Waals surface area contributed by atoms with Gasteiger partial charge < -0.3 is 4.89 Å². The average molecular weight is 211 g/mol. The maximum absolute atomic E-state index is 8.46. The van der Waals surface area contributed by atoms with E-state index in [1.165, 1.54) is 1.66 Å². The van der Waals surface area contributed by atoms with Gasteiger partial charge >= 0.3 is 82.9 Å². The minimum Gasteiger partial charge on any atom is -0.310 e. The summed E-state index contributed by atoms with van der Waals surface area (Å²) in [6, 6.07) is 10.6. The molecule has 1 rings (SSSR count). The fourth-order valence-electron chi connectivity index (χ4n) is 0.811. The van der Waals surface area contributed by atoms with Gasteiger partial charge in [-0.25, -0.2) is 4.57 Å². The normalized spacial score (nSPS) is 8.17. The standard InChI is InChI=1S/C6H5.CH4N.Ca.HO2P/c1-2-4-6-5-3-1;1-2;;1-3-2/h1-5H;1-2H2;;(H,1,2). The van der Waals surface area contributed by atoms with Crippen LogP contribution in [0.2, 0.25) is 0 Å². The van der Waals surface area contributed by atoms with Gasteiger partial charge in [-0.3, -0.25) is 0 Å². The summed E-state index contributed by atoms with van der Waals surface area (Å²) in [6.07, 6.45) is 0. The predicted molar refractivity (Wildman–Crippen MR) is 50.7 cm³/mol. The Hall–Kier alpha value is 0.500. The van der Waals surface area contributed by atoms with Crippen LogP contribution in [0.4, 0.5) is 0 Å². The molecule has 1 aromatic rings. The molecule has 3 nitrogen and oxygen atoms in total. The second-order valence-corrected chi connectivity index (χ2v) is 5.23. The minimum atomic E-state index is -0.833. The smallest absolute Gasteiger partial charge is 0.310 e. The molecule has 0 spiro atoms. The van der Waals surface area contributed by atoms with Gasteiger partial charge in [0.1, 0.15) is 0 Å². The zero-order valence-corrected chi connectivity index (χ0v) is 9.78. The molecule has 62 valence electrons. The number of hydrogen-bond donors (Lipinski definition) is 2. The number of hydrogen-bond acceptors (Lipinski definition) is 2. The van der Waals surface area contributed by atoms with Crippen LogP contribution >= 0.6 is 8.69 Å². The van der Waals surface area contributed by atoms with Gasteiger partial charge in [0.15, 0.2) is 0 Å². The van der Waals surface area contributed by atoms with Gasteiger partial charge in [-0.05, 0) is 0 Å². The molecule has 0 aromatic heterocycles. The Morgan fingerprint density at radius 1 is 1.42 bits per heavy atom. The van der Waals surface area contributed by atoms with Crippen LogP contribution in [-0.4, -0.2) is 41.4 Å². The largest absolute Gasteiger partial charge is 0.324 e. The first-order chi connectivity index (χ1) is 5.85. The van der Waals surface area contributed by atoms with E-state index in [0.717, 1.165) is 2.64 Å². The molecule has 1 aromatic carbocycles. The van der Waals surface area contributed by atoms with Crippen molar-refractivity contribution in [2.24, 2.45) is 5.73 Å². The monoisotopic (exact) mass is 211 g/mol. The molecule has 0 atom stereocenters. The third-order valence-electron chi connectivity index (χ3n) is 1.28. The summed E-state index contributed by atoms with van der Waals surface area (Å²) < 4.78 is 10.9. The van der Waals surface area contributed by atoms with Crippen molar-refractivity contribution >= 4 is 44.2 Å². The average Bonchev–Trinajstić information content (AvgIpc) is 2.08. The van der Waals surface area contributed by atoms with Crippen molar-refractivity contribution in [2.75, 3.05) is 2.64 Å². The van der Waals surface area contributed by atoms with Crippen molar-refractivity contribution in [3.05, 3.63) is 30.3 Å². The first kappa shape index (κ1) is 12.5. The van der Waals surface area contributed by atoms with Gasteiger partial charge in [-0.2, -0.15) is 0 Å². The second kappa shape index (κ2) is 9.59. The van der Waals surface area contributed by atoms with Crippen molar-refractivity contribution in [1.82, 2.24) is 0 Å². The van der Waals surface area contributed by atoms with E-state index in [4.69, 9.17) is 15.2 Å². The molecule has 5 heteroatoms. The topological polar surface area (TPSA) is 63.3 Å². The summed E-state index contributed by atoms with van der Waals surface area (Å²) >= 11 is -0.512. The number of rotatable bonds is 2. The van der Waals surface area contributed by atoms with Crippen LogP contribution in [-0.2, 0) is 4.57 Å². The maximum atomic E-state index is 8.46. The van der Waals surface area contributed by atoms with Crippen molar-refractivity contribution < 1.29 is 9.46 Å². The van der Waals surface area contributed by atoms with Crippen LogP contribution in [0.25, 0.3) is 0 Å². The molecule has 0 aliphatic rings. The zero-order valence-electron chi connectivity index (χ0n) is 6.68. The molecule has 0 radical (unpaired) electrons. The SMILES string of the molecule is N[CH2][Ca][c]1ccccc1.O=PO. The minimum absolute atomic E-state index is 0.512. The first-order valence-corrected chi connectivity index (χ1v) is 6.99. The van der Waals surface area contributed by atoms with E-state index in [2.05, 4.69) is 24.3 Å². The third kappa shape index (κ3) is 7.17. The van der Waals surface area contributed by atoms with E-state index < -0.39 is 42.5 Å². The Kier molecular flexibility index (Phi) is 9.99. The summed E-state index contributed by atoms with van der Waals surface area (Å²) in [5.74, 6) is 0. The Morgan fingerprint density at radius 3 is 2.33 bits per heavy atom. The Bertz CT molecular complexity index is 208. The number of nitrogens with two attached hydrogens (primary N) is 1. The molecule has 0 aliphatic heterocycles. The maximum Gasteiger partial charge on any atom is 0.324 e. The van der Waals surface area contributed by atoms with Crippen LogP contribution in [0.15, 0.2) is 30.3 Å². The zero-order chi connectivity index (χ0) is 9.23. The van der Waals surface area contributed by atoms with Gasteiger partial charge in [-0.15, -0.1) is 0 Å². The van der Waals surface area contributed by atoms with Gasteiger partial charge in [0.05, 0.1) is 0 Å². The van der Waals surface area contributed by atoms with Crippen LogP contribution < -0.4 is 7.39 Å². The van der Waals surface area contributed by atoms with Crippen molar-refractivity contribution in [3.63, 3.8) is 0 Å². The second-order valence-electron chi connectivity index (χ2n) is 2.11. The Balaban J connectivity index is 0.000000354. The molecular weight excluding hydrogens is 201 g/mol. The summed E-state index contributed by atoms with van der Waals surface area (Å²) in [5, 5.41) is 0. The summed E-state index contributed by atoms with van der Waals surface area (Å²) in [5.41, 5.74) is 5.44. The van der Waals surface area contributed by atoms with E-state index in [0.29, 0.717) is 0 Å². The quantitative estimate of drug-likeness (QED) is 0.539. The molecule has 0 bridgehead atoms. The van der Waals surface area contributed by atoms with Crippen molar-refractivity contribution in [1.29, 1.82) is 0 Å². The van der Waals surface area contributed by atoms with Crippen molar-refractivity contribution in [2.45, 2.75) is 0 Å². The summed E-state index contributed by atoms with van der Waals surface area (Å²) in [6.45, 7) is 0. The molecule has 0 saturated carbocycles. The van der Waals surface area contributed by atoms with Crippen LogP contribution in [0, 0.1) is 0 Å². The summed E-state index contributed by atoms with van der Waals surface area (Å²) in [7, 11) is -0.833. The third-order valence-corrected chi connectivity index (χ3v) is 3.36. The van der Waals surface area contributed by atoms with Gasteiger partial charge in [0.2, 0.25) is 0 Å². The van der Waals surface area contributed by atoms with E-state index in [-0.39, 0.29) is 0 Å². The van der Waals surface area contributed by atoms with E-state index in [1.54, 1.807) is 0 Å². The molecule has 0 unspecified atom stereocenters. The predicted octanol–water partition coefficient (Wildman–Crippen LogP) is 0.118. The fraction of sp³-hybridized carbons (Fsp3) is 0.143. The van der Waals surface area contributed by atoms with Gasteiger partial charge in [0, 0.05) is 0 Å². The van der Waals surface area contributed by atoms with E-state index >= 15 is 0 Å². The van der Waals surface area contributed by atoms with Gasteiger partial charge in [0.25, 0.3) is 0 Å². The van der Waals surface area contributed by atoms with Gasteiger partial charge in [-0.1, -0.05) is 0 Å². The van der Waals surface area contributed by atoms with Crippen LogP contribution in [0.1, 0.15) is 0 Å². The molecule has 0 aliphatic carbocycles. The van der Waals surface area contributed by atoms with E-state index in [9.17, 15) is 0 Å². The van der Waals surface area contributed by atoms with Crippen LogP contribution in [0.5, 0.6) is 0 Å². The van der Waals surface area contributed by atoms with Crippen molar-refractivity contribution in [3.8, 4) is 0 Å². The molecular formula is C7H10CaNO2P. The fourth-order valence-corrected chi connectivity index (χ4v) is 2.28. The Morgan fingerprint density at radius 2 is 1.92 bits per heavy atom. The molecule has 3 N–H and O–H groups in total. The molecule has 0 amide bonds. The number of benzene rings is 1. The summed E-state index contributed by atoms with van der Waals surface area (Å²) in [4.78, 5) is 6.99. The molecule has 0 heterocycles. The molecule has 12 heavy (non-hydrogen) atoms. The molecule has 0 saturated heterocycles. The van der Waals surface area contributed by atoms with E-state index in [1.807, 2.05) is 6.07 Å². The first-order valence-electron chi connectivity index (χ1n) is 3.56. The molecule has 0 fully saturated rings.